The predicted octanol–water partition coefficient (Wildman–Crippen LogP) is 3.10. The summed E-state index contributed by atoms with van der Waals surface area (Å²) in [4.78, 5) is 37.8. The van der Waals surface area contributed by atoms with Crippen LogP contribution < -0.4 is 10.6 Å². The average Bonchev–Trinajstić information content (AvgIpc) is 3.09. The molecule has 6 nitrogen and oxygen atoms in total. The Morgan fingerprint density at radius 1 is 1.29 bits per heavy atom. The van der Waals surface area contributed by atoms with Crippen LogP contribution >= 0.6 is 23.2 Å². The molecule has 1 saturated heterocycles. The SMILES string of the molecule is Cc1ccc(Cl)c(NC(=O)CN2C(=O)NC3(CCCC3)C2=O)c1Cl. The molecule has 8 heteroatoms. The molecule has 0 aromatic heterocycles. The molecule has 1 saturated carbocycles. The Morgan fingerprint density at radius 3 is 2.62 bits per heavy atom. The van der Waals surface area contributed by atoms with E-state index in [9.17, 15) is 14.4 Å². The van der Waals surface area contributed by atoms with Gasteiger partial charge in [-0.15, -0.1) is 0 Å². The van der Waals surface area contributed by atoms with Gasteiger partial charge in [-0.25, -0.2) is 4.79 Å². The number of nitrogens with zero attached hydrogens (tertiary/aromatic N) is 1. The molecule has 0 bridgehead atoms. The van der Waals surface area contributed by atoms with Crippen LogP contribution in [0.4, 0.5) is 10.5 Å². The number of benzene rings is 1. The molecule has 1 aliphatic heterocycles. The third-order valence-electron chi connectivity index (χ3n) is 4.55. The number of aryl methyl sites for hydroxylation is 1. The zero-order chi connectivity index (χ0) is 17.5. The standard InChI is InChI=1S/C16H17Cl2N3O3/c1-9-4-5-10(17)13(12(9)18)19-11(22)8-21-14(23)16(20-15(21)24)6-2-3-7-16/h4-5H,2-3,6-8H2,1H3,(H,19,22)(H,20,24). The van der Waals surface area contributed by atoms with Gasteiger partial charge in [0, 0.05) is 0 Å². The summed E-state index contributed by atoms with van der Waals surface area (Å²) in [6.45, 7) is 1.42. The number of carbonyl (C=O) groups is 3. The predicted molar refractivity (Wildman–Crippen MR) is 91.3 cm³/mol. The molecule has 2 aliphatic rings. The molecule has 0 atom stereocenters. The molecule has 4 amide bonds. The maximum absolute atomic E-state index is 12.5. The van der Waals surface area contributed by atoms with E-state index in [0.717, 1.165) is 23.3 Å². The molecular formula is C16H17Cl2N3O3. The van der Waals surface area contributed by atoms with Gasteiger partial charge in [-0.1, -0.05) is 42.1 Å². The van der Waals surface area contributed by atoms with Gasteiger partial charge in [-0.2, -0.15) is 0 Å². The number of imide groups is 1. The highest BCUT2D eigenvalue weighted by Crippen LogP contribution is 2.35. The molecule has 2 fully saturated rings. The lowest BCUT2D eigenvalue weighted by atomic mass is 9.98. The molecule has 24 heavy (non-hydrogen) atoms. The lowest BCUT2D eigenvalue weighted by Gasteiger charge is -2.20. The lowest BCUT2D eigenvalue weighted by Crippen LogP contribution is -2.44. The number of hydrogen-bond donors (Lipinski definition) is 2. The normalized spacial score (nSPS) is 19.0. The van der Waals surface area contributed by atoms with E-state index in [4.69, 9.17) is 23.2 Å². The Kier molecular flexibility index (Phi) is 4.44. The quantitative estimate of drug-likeness (QED) is 0.803. The molecule has 128 valence electrons. The number of rotatable bonds is 3. The van der Waals surface area contributed by atoms with Crippen LogP contribution in [0.15, 0.2) is 12.1 Å². The van der Waals surface area contributed by atoms with Crippen LogP contribution in [-0.4, -0.2) is 34.8 Å². The second-order valence-corrected chi connectivity index (χ2v) is 7.00. The van der Waals surface area contributed by atoms with Crippen molar-refractivity contribution in [1.29, 1.82) is 0 Å². The Balaban J connectivity index is 1.73. The van der Waals surface area contributed by atoms with E-state index in [1.54, 1.807) is 19.1 Å². The van der Waals surface area contributed by atoms with Crippen molar-refractivity contribution in [3.8, 4) is 0 Å². The van der Waals surface area contributed by atoms with Crippen LogP contribution in [0.2, 0.25) is 10.0 Å². The summed E-state index contributed by atoms with van der Waals surface area (Å²) in [5.41, 5.74) is 0.220. The van der Waals surface area contributed by atoms with Gasteiger partial charge in [0.2, 0.25) is 5.91 Å². The first-order chi connectivity index (χ1) is 11.3. The average molecular weight is 370 g/mol. The van der Waals surface area contributed by atoms with Crippen molar-refractivity contribution in [2.45, 2.75) is 38.1 Å². The zero-order valence-corrected chi connectivity index (χ0v) is 14.6. The Labute approximate surface area is 149 Å². The molecule has 0 unspecified atom stereocenters. The highest BCUT2D eigenvalue weighted by atomic mass is 35.5. The molecule has 1 heterocycles. The minimum atomic E-state index is -0.823. The lowest BCUT2D eigenvalue weighted by molar-refractivity contribution is -0.133. The molecule has 3 rings (SSSR count). The van der Waals surface area contributed by atoms with Crippen LogP contribution in [-0.2, 0) is 9.59 Å². The summed E-state index contributed by atoms with van der Waals surface area (Å²) in [5.74, 6) is -0.857. The number of nitrogens with one attached hydrogen (secondary N) is 2. The number of anilines is 1. The Hall–Kier alpha value is -1.79. The molecule has 1 aromatic carbocycles. The highest BCUT2D eigenvalue weighted by molar-refractivity contribution is 6.40. The summed E-state index contributed by atoms with van der Waals surface area (Å²) in [7, 11) is 0. The van der Waals surface area contributed by atoms with Gasteiger partial charge < -0.3 is 10.6 Å². The summed E-state index contributed by atoms with van der Waals surface area (Å²) < 4.78 is 0. The van der Waals surface area contributed by atoms with Gasteiger partial charge in [0.05, 0.1) is 15.7 Å². The van der Waals surface area contributed by atoms with Gasteiger partial charge >= 0.3 is 6.03 Å². The topological polar surface area (TPSA) is 78.5 Å². The maximum atomic E-state index is 12.5. The molecule has 1 aliphatic carbocycles. The van der Waals surface area contributed by atoms with E-state index in [0.29, 0.717) is 22.9 Å². The van der Waals surface area contributed by atoms with Crippen molar-refractivity contribution in [2.24, 2.45) is 0 Å². The highest BCUT2D eigenvalue weighted by Gasteiger charge is 2.52. The van der Waals surface area contributed by atoms with Gasteiger partial charge in [-0.05, 0) is 31.4 Å². The van der Waals surface area contributed by atoms with Gasteiger partial charge in [-0.3, -0.25) is 14.5 Å². The fraction of sp³-hybridized carbons (Fsp3) is 0.438. The largest absolute Gasteiger partial charge is 0.325 e. The summed E-state index contributed by atoms with van der Waals surface area (Å²) in [6, 6.07) is 2.83. The summed E-state index contributed by atoms with van der Waals surface area (Å²) in [6.07, 6.45) is 3.01. The zero-order valence-electron chi connectivity index (χ0n) is 13.1. The second kappa shape index (κ2) is 6.26. The van der Waals surface area contributed by atoms with Gasteiger partial charge in [0.25, 0.3) is 5.91 Å². The van der Waals surface area contributed by atoms with Crippen molar-refractivity contribution in [1.82, 2.24) is 10.2 Å². The number of hydrogen-bond acceptors (Lipinski definition) is 3. The summed E-state index contributed by atoms with van der Waals surface area (Å²) in [5, 5.41) is 5.95. The first kappa shape index (κ1) is 17.0. The molecule has 0 radical (unpaired) electrons. The van der Waals surface area contributed by atoms with E-state index >= 15 is 0 Å². The fourth-order valence-corrected chi connectivity index (χ4v) is 3.70. The van der Waals surface area contributed by atoms with Crippen LogP contribution in [0, 0.1) is 6.92 Å². The minimum absolute atomic E-state index is 0.283. The van der Waals surface area contributed by atoms with E-state index in [2.05, 4.69) is 10.6 Å². The first-order valence-electron chi connectivity index (χ1n) is 7.73. The summed E-state index contributed by atoms with van der Waals surface area (Å²) >= 11 is 12.2. The Morgan fingerprint density at radius 2 is 1.96 bits per heavy atom. The molecule has 2 N–H and O–H groups in total. The molecule has 1 spiro atoms. The second-order valence-electron chi connectivity index (χ2n) is 6.21. The number of amides is 4. The molecular weight excluding hydrogens is 353 g/mol. The minimum Gasteiger partial charge on any atom is -0.323 e. The number of urea groups is 1. The van der Waals surface area contributed by atoms with Crippen LogP contribution in [0.3, 0.4) is 0 Å². The van der Waals surface area contributed by atoms with Gasteiger partial charge in [0.15, 0.2) is 0 Å². The maximum Gasteiger partial charge on any atom is 0.325 e. The van der Waals surface area contributed by atoms with Crippen LogP contribution in [0.5, 0.6) is 0 Å². The van der Waals surface area contributed by atoms with Crippen molar-refractivity contribution in [3.63, 3.8) is 0 Å². The Bertz CT molecular complexity index is 730. The van der Waals surface area contributed by atoms with Gasteiger partial charge in [0.1, 0.15) is 12.1 Å². The van der Waals surface area contributed by atoms with E-state index in [-0.39, 0.29) is 18.1 Å². The van der Waals surface area contributed by atoms with Crippen LogP contribution in [0.25, 0.3) is 0 Å². The first-order valence-corrected chi connectivity index (χ1v) is 8.48. The third-order valence-corrected chi connectivity index (χ3v) is 5.36. The fourth-order valence-electron chi connectivity index (χ4n) is 3.23. The van der Waals surface area contributed by atoms with E-state index in [1.165, 1.54) is 0 Å². The van der Waals surface area contributed by atoms with E-state index < -0.39 is 17.5 Å². The van der Waals surface area contributed by atoms with Crippen molar-refractivity contribution >= 4 is 46.7 Å². The van der Waals surface area contributed by atoms with Crippen LogP contribution in [0.1, 0.15) is 31.2 Å². The van der Waals surface area contributed by atoms with Crippen molar-refractivity contribution in [2.75, 3.05) is 11.9 Å². The number of carbonyl (C=O) groups excluding carboxylic acids is 3. The van der Waals surface area contributed by atoms with E-state index in [1.807, 2.05) is 0 Å². The van der Waals surface area contributed by atoms with Crippen molar-refractivity contribution < 1.29 is 14.4 Å². The van der Waals surface area contributed by atoms with Crippen molar-refractivity contribution in [3.05, 3.63) is 27.7 Å². The third kappa shape index (κ3) is 2.84. The molecule has 1 aromatic rings. The smallest absolute Gasteiger partial charge is 0.323 e. The number of halogens is 2. The monoisotopic (exact) mass is 369 g/mol.